The Kier molecular flexibility index (Phi) is 7.29. The van der Waals surface area contributed by atoms with Crippen molar-refractivity contribution in [2.75, 3.05) is 20.7 Å². The fourth-order valence-corrected chi connectivity index (χ4v) is 3.78. The second-order valence-corrected chi connectivity index (χ2v) is 8.13. The van der Waals surface area contributed by atoms with Crippen molar-refractivity contribution in [2.45, 2.75) is 26.4 Å². The predicted molar refractivity (Wildman–Crippen MR) is 104 cm³/mol. The molecule has 2 rings (SSSR count). The number of nitrogens with zero attached hydrogens (tertiary/aromatic N) is 1. The third-order valence-corrected chi connectivity index (χ3v) is 5.28. The molecule has 0 radical (unpaired) electrons. The molecule has 0 saturated carbocycles. The molecule has 0 spiro atoms. The Morgan fingerprint density at radius 3 is 2.44 bits per heavy atom. The molecule has 0 bridgehead atoms. The Labute approximate surface area is 158 Å². The van der Waals surface area contributed by atoms with E-state index in [-0.39, 0.29) is 11.9 Å². The zero-order chi connectivity index (χ0) is 18.4. The van der Waals surface area contributed by atoms with Crippen LogP contribution in [0.15, 0.2) is 36.4 Å². The second-order valence-electron chi connectivity index (χ2n) is 6.33. The highest BCUT2D eigenvalue weighted by atomic mass is 35.5. The van der Waals surface area contributed by atoms with Gasteiger partial charge in [0.1, 0.15) is 5.75 Å². The molecule has 136 valence electrons. The summed E-state index contributed by atoms with van der Waals surface area (Å²) in [5, 5.41) is 3.39. The van der Waals surface area contributed by atoms with Crippen molar-refractivity contribution in [2.24, 2.45) is 5.92 Å². The molecular formula is C19H25ClN2O2S. The number of ether oxygens (including phenoxy) is 1. The van der Waals surface area contributed by atoms with Gasteiger partial charge in [0.2, 0.25) is 5.91 Å². The van der Waals surface area contributed by atoms with E-state index in [0.717, 1.165) is 20.5 Å². The number of likely N-dealkylation sites (N-methyl/N-ethyl adjacent to an activating group) is 1. The largest absolute Gasteiger partial charge is 0.497 e. The molecule has 4 nitrogen and oxygen atoms in total. The van der Waals surface area contributed by atoms with Gasteiger partial charge < -0.3 is 15.0 Å². The van der Waals surface area contributed by atoms with Gasteiger partial charge >= 0.3 is 0 Å². The van der Waals surface area contributed by atoms with E-state index < -0.39 is 0 Å². The molecule has 0 aliphatic carbocycles. The SMILES string of the molecule is COc1ccc(C(NCC(=O)N(C)Cc2ccc(Cl)s2)C(C)C)cc1. The lowest BCUT2D eigenvalue weighted by molar-refractivity contribution is -0.129. The van der Waals surface area contributed by atoms with Crippen LogP contribution in [0.4, 0.5) is 0 Å². The average Bonchev–Trinajstić information content (AvgIpc) is 3.00. The van der Waals surface area contributed by atoms with Crippen molar-refractivity contribution in [3.8, 4) is 5.75 Å². The fraction of sp³-hybridized carbons (Fsp3) is 0.421. The standard InChI is InChI=1S/C19H25ClN2O2S/c1-13(2)19(14-5-7-15(24-4)8-6-14)21-11-18(23)22(3)12-16-9-10-17(20)25-16/h5-10,13,19,21H,11-12H2,1-4H3. The zero-order valence-electron chi connectivity index (χ0n) is 15.1. The van der Waals surface area contributed by atoms with Gasteiger partial charge in [-0.3, -0.25) is 4.79 Å². The number of nitrogens with one attached hydrogen (secondary N) is 1. The molecule has 1 heterocycles. The molecule has 0 aliphatic rings. The van der Waals surface area contributed by atoms with Crippen LogP contribution in [-0.4, -0.2) is 31.5 Å². The average molecular weight is 381 g/mol. The van der Waals surface area contributed by atoms with Gasteiger partial charge in [0, 0.05) is 18.0 Å². The van der Waals surface area contributed by atoms with E-state index in [4.69, 9.17) is 16.3 Å². The molecule has 1 unspecified atom stereocenters. The highest BCUT2D eigenvalue weighted by Crippen LogP contribution is 2.24. The van der Waals surface area contributed by atoms with Crippen LogP contribution in [0.25, 0.3) is 0 Å². The summed E-state index contributed by atoms with van der Waals surface area (Å²) in [6, 6.07) is 11.9. The number of carbonyl (C=O) groups excluding carboxylic acids is 1. The van der Waals surface area contributed by atoms with Crippen LogP contribution in [0, 0.1) is 5.92 Å². The zero-order valence-corrected chi connectivity index (χ0v) is 16.7. The molecule has 25 heavy (non-hydrogen) atoms. The number of rotatable bonds is 8. The number of thiophene rings is 1. The topological polar surface area (TPSA) is 41.6 Å². The van der Waals surface area contributed by atoms with E-state index in [9.17, 15) is 4.79 Å². The van der Waals surface area contributed by atoms with E-state index in [2.05, 4.69) is 19.2 Å². The monoisotopic (exact) mass is 380 g/mol. The van der Waals surface area contributed by atoms with E-state index in [1.807, 2.05) is 43.4 Å². The van der Waals surface area contributed by atoms with Crippen LogP contribution in [0.2, 0.25) is 4.34 Å². The minimum absolute atomic E-state index is 0.0590. The summed E-state index contributed by atoms with van der Waals surface area (Å²) < 4.78 is 5.95. The lowest BCUT2D eigenvalue weighted by atomic mass is 9.96. The molecule has 0 fully saturated rings. The van der Waals surface area contributed by atoms with Crippen LogP contribution in [-0.2, 0) is 11.3 Å². The first-order chi connectivity index (χ1) is 11.9. The Morgan fingerprint density at radius 2 is 1.92 bits per heavy atom. The number of hydrogen-bond acceptors (Lipinski definition) is 4. The number of halogens is 1. The third-order valence-electron chi connectivity index (χ3n) is 4.06. The lowest BCUT2D eigenvalue weighted by Gasteiger charge is -2.24. The molecule has 1 N–H and O–H groups in total. The van der Waals surface area contributed by atoms with Gasteiger partial charge in [0.25, 0.3) is 0 Å². The number of hydrogen-bond donors (Lipinski definition) is 1. The first kappa shape index (κ1) is 19.8. The van der Waals surface area contributed by atoms with Crippen molar-refractivity contribution < 1.29 is 9.53 Å². The van der Waals surface area contributed by atoms with Crippen LogP contribution in [0.5, 0.6) is 5.75 Å². The summed E-state index contributed by atoms with van der Waals surface area (Å²) in [6.07, 6.45) is 0. The normalized spacial score (nSPS) is 12.2. The smallest absolute Gasteiger partial charge is 0.236 e. The molecular weight excluding hydrogens is 356 g/mol. The summed E-state index contributed by atoms with van der Waals surface area (Å²) in [6.45, 7) is 5.16. The lowest BCUT2D eigenvalue weighted by Crippen LogP contribution is -2.38. The van der Waals surface area contributed by atoms with Crippen LogP contribution in [0.1, 0.15) is 30.3 Å². The first-order valence-corrected chi connectivity index (χ1v) is 9.45. The van der Waals surface area contributed by atoms with Crippen molar-refractivity contribution in [3.63, 3.8) is 0 Å². The van der Waals surface area contributed by atoms with Gasteiger partial charge in [0.15, 0.2) is 0 Å². The Hall–Kier alpha value is -1.56. The maximum Gasteiger partial charge on any atom is 0.236 e. The molecule has 2 aromatic rings. The Balaban J connectivity index is 1.94. The van der Waals surface area contributed by atoms with E-state index in [1.54, 1.807) is 12.0 Å². The molecule has 1 aromatic heterocycles. The highest BCUT2D eigenvalue weighted by molar-refractivity contribution is 7.16. The fourth-order valence-electron chi connectivity index (χ4n) is 2.64. The van der Waals surface area contributed by atoms with Gasteiger partial charge in [-0.15, -0.1) is 11.3 Å². The van der Waals surface area contributed by atoms with Crippen molar-refractivity contribution >= 4 is 28.8 Å². The quantitative estimate of drug-likeness (QED) is 0.740. The molecule has 1 amide bonds. The molecule has 1 atom stereocenters. The maximum absolute atomic E-state index is 12.4. The van der Waals surface area contributed by atoms with Crippen LogP contribution < -0.4 is 10.1 Å². The first-order valence-electron chi connectivity index (χ1n) is 8.26. The number of benzene rings is 1. The summed E-state index contributed by atoms with van der Waals surface area (Å²) in [7, 11) is 3.47. The van der Waals surface area contributed by atoms with Gasteiger partial charge in [0.05, 0.1) is 24.5 Å². The molecule has 1 aromatic carbocycles. The minimum Gasteiger partial charge on any atom is -0.497 e. The summed E-state index contributed by atoms with van der Waals surface area (Å²) in [5.74, 6) is 1.25. The number of methoxy groups -OCH3 is 1. The van der Waals surface area contributed by atoms with Crippen LogP contribution >= 0.6 is 22.9 Å². The van der Waals surface area contributed by atoms with Gasteiger partial charge in [-0.25, -0.2) is 0 Å². The van der Waals surface area contributed by atoms with Gasteiger partial charge in [-0.05, 0) is 35.7 Å². The maximum atomic E-state index is 12.4. The number of carbonyl (C=O) groups is 1. The Morgan fingerprint density at radius 1 is 1.24 bits per heavy atom. The Bertz CT molecular complexity index is 685. The van der Waals surface area contributed by atoms with Crippen molar-refractivity contribution in [1.29, 1.82) is 0 Å². The minimum atomic E-state index is 0.0590. The summed E-state index contributed by atoms with van der Waals surface area (Å²) in [5.41, 5.74) is 1.15. The summed E-state index contributed by atoms with van der Waals surface area (Å²) >= 11 is 7.45. The van der Waals surface area contributed by atoms with Crippen molar-refractivity contribution in [1.82, 2.24) is 10.2 Å². The molecule has 0 aliphatic heterocycles. The third kappa shape index (κ3) is 5.73. The van der Waals surface area contributed by atoms with E-state index in [0.29, 0.717) is 19.0 Å². The second kappa shape index (κ2) is 9.22. The molecule has 0 saturated heterocycles. The number of amides is 1. The predicted octanol–water partition coefficient (Wildman–Crippen LogP) is 4.36. The van der Waals surface area contributed by atoms with Gasteiger partial charge in [-0.1, -0.05) is 37.6 Å². The highest BCUT2D eigenvalue weighted by Gasteiger charge is 2.18. The van der Waals surface area contributed by atoms with Gasteiger partial charge in [-0.2, -0.15) is 0 Å². The van der Waals surface area contributed by atoms with Crippen LogP contribution in [0.3, 0.4) is 0 Å². The van der Waals surface area contributed by atoms with E-state index in [1.165, 1.54) is 11.3 Å². The van der Waals surface area contributed by atoms with Crippen molar-refractivity contribution in [3.05, 3.63) is 51.2 Å². The molecule has 6 heteroatoms. The van der Waals surface area contributed by atoms with E-state index >= 15 is 0 Å². The summed E-state index contributed by atoms with van der Waals surface area (Å²) in [4.78, 5) is 15.2.